The summed E-state index contributed by atoms with van der Waals surface area (Å²) < 4.78 is 7.93. The van der Waals surface area contributed by atoms with Gasteiger partial charge in [-0.25, -0.2) is 4.98 Å². The number of fused-ring (bicyclic) bond motifs is 1. The Kier molecular flexibility index (Phi) is 2.83. The summed E-state index contributed by atoms with van der Waals surface area (Å²) in [5.74, 6) is 0.772. The summed E-state index contributed by atoms with van der Waals surface area (Å²) in [6.07, 6.45) is 1.75. The monoisotopic (exact) mass is 271 g/mol. The highest BCUT2D eigenvalue weighted by Gasteiger charge is 2.11. The summed E-state index contributed by atoms with van der Waals surface area (Å²) in [6.45, 7) is 2.04. The molecule has 0 saturated carbocycles. The van der Waals surface area contributed by atoms with Crippen molar-refractivity contribution in [2.45, 2.75) is 6.92 Å². The topological polar surface area (TPSA) is 42.8 Å². The molecule has 0 amide bonds. The highest BCUT2D eigenvalue weighted by Crippen LogP contribution is 2.27. The number of hydrogen-bond donors (Lipinski definition) is 1. The van der Waals surface area contributed by atoms with E-state index in [4.69, 9.17) is 17.0 Å². The van der Waals surface area contributed by atoms with Gasteiger partial charge in [0.2, 0.25) is 0 Å². The number of aromatic nitrogens is 3. The molecule has 0 saturated heterocycles. The summed E-state index contributed by atoms with van der Waals surface area (Å²) in [5, 5.41) is 0. The van der Waals surface area contributed by atoms with Crippen molar-refractivity contribution in [1.29, 1.82) is 0 Å². The van der Waals surface area contributed by atoms with Crippen molar-refractivity contribution in [3.05, 3.63) is 46.9 Å². The first-order valence-corrected chi connectivity index (χ1v) is 6.32. The molecule has 0 spiro atoms. The van der Waals surface area contributed by atoms with Crippen molar-refractivity contribution in [2.24, 2.45) is 0 Å². The van der Waals surface area contributed by atoms with Crippen LogP contribution < -0.4 is 4.74 Å². The van der Waals surface area contributed by atoms with Gasteiger partial charge in [-0.15, -0.1) is 0 Å². The van der Waals surface area contributed by atoms with E-state index in [-0.39, 0.29) is 0 Å². The molecule has 96 valence electrons. The number of rotatable bonds is 2. The lowest BCUT2D eigenvalue weighted by molar-refractivity contribution is 0.413. The Bertz CT molecular complexity index is 804. The van der Waals surface area contributed by atoms with Crippen LogP contribution in [0.5, 0.6) is 5.75 Å². The van der Waals surface area contributed by atoms with E-state index in [1.165, 1.54) is 0 Å². The number of H-pyrrole nitrogens is 1. The first kappa shape index (κ1) is 11.9. The molecular weight excluding hydrogens is 258 g/mol. The van der Waals surface area contributed by atoms with Crippen LogP contribution in [0.15, 0.2) is 36.5 Å². The second-order valence-corrected chi connectivity index (χ2v) is 4.70. The molecule has 0 unspecified atom stereocenters. The lowest BCUT2D eigenvalue weighted by Crippen LogP contribution is -1.99. The lowest BCUT2D eigenvalue weighted by atomic mass is 10.2. The van der Waals surface area contributed by atoms with Gasteiger partial charge in [0, 0.05) is 6.20 Å². The number of aryl methyl sites for hydroxylation is 1. The van der Waals surface area contributed by atoms with Crippen LogP contribution in [0.2, 0.25) is 0 Å². The minimum absolute atomic E-state index is 0.609. The van der Waals surface area contributed by atoms with Gasteiger partial charge in [0.15, 0.2) is 10.4 Å². The van der Waals surface area contributed by atoms with E-state index in [0.29, 0.717) is 4.77 Å². The van der Waals surface area contributed by atoms with Crippen molar-refractivity contribution >= 4 is 23.4 Å². The Labute approximate surface area is 115 Å². The summed E-state index contributed by atoms with van der Waals surface area (Å²) in [5.41, 5.74) is 3.76. The molecule has 1 N–H and O–H groups in total. The van der Waals surface area contributed by atoms with Crippen molar-refractivity contribution in [3.63, 3.8) is 0 Å². The number of nitrogens with one attached hydrogen (secondary N) is 1. The van der Waals surface area contributed by atoms with Crippen molar-refractivity contribution in [1.82, 2.24) is 14.5 Å². The maximum Gasteiger partial charge on any atom is 0.184 e. The van der Waals surface area contributed by atoms with E-state index >= 15 is 0 Å². The van der Waals surface area contributed by atoms with Crippen molar-refractivity contribution in [2.75, 3.05) is 7.11 Å². The fourth-order valence-electron chi connectivity index (χ4n) is 2.14. The maximum absolute atomic E-state index is 5.42. The third-order valence-electron chi connectivity index (χ3n) is 3.02. The van der Waals surface area contributed by atoms with E-state index < -0.39 is 0 Å². The van der Waals surface area contributed by atoms with Gasteiger partial charge in [-0.1, -0.05) is 6.07 Å². The summed E-state index contributed by atoms with van der Waals surface area (Å²) in [4.78, 5) is 7.55. The molecule has 0 radical (unpaired) electrons. The number of imidazole rings is 1. The third-order valence-corrected chi connectivity index (χ3v) is 3.30. The van der Waals surface area contributed by atoms with Crippen LogP contribution in [0.1, 0.15) is 5.56 Å². The molecule has 2 aromatic heterocycles. The van der Waals surface area contributed by atoms with E-state index in [1.54, 1.807) is 13.3 Å². The van der Waals surface area contributed by atoms with Gasteiger partial charge < -0.3 is 9.72 Å². The molecule has 0 aliphatic carbocycles. The van der Waals surface area contributed by atoms with Gasteiger partial charge in [0.25, 0.3) is 0 Å². The molecule has 5 heteroatoms. The third kappa shape index (κ3) is 1.92. The number of aromatic amines is 1. The Morgan fingerprint density at radius 2 is 2.16 bits per heavy atom. The van der Waals surface area contributed by atoms with E-state index in [9.17, 15) is 0 Å². The van der Waals surface area contributed by atoms with Crippen molar-refractivity contribution in [3.8, 4) is 11.4 Å². The maximum atomic E-state index is 5.42. The fraction of sp³-hybridized carbons (Fsp3) is 0.143. The zero-order valence-electron chi connectivity index (χ0n) is 10.7. The number of hydrogen-bond acceptors (Lipinski definition) is 3. The molecule has 2 heterocycles. The SMILES string of the molecule is COc1ccc(C)cc1-n1c(=S)[nH]c2cccnc21. The van der Waals surface area contributed by atoms with Gasteiger partial charge in [0.1, 0.15) is 5.75 Å². The first-order chi connectivity index (χ1) is 9.20. The molecule has 3 aromatic rings. The first-order valence-electron chi connectivity index (χ1n) is 5.91. The molecule has 0 fully saturated rings. The van der Waals surface area contributed by atoms with E-state index in [1.807, 2.05) is 41.8 Å². The van der Waals surface area contributed by atoms with Crippen molar-refractivity contribution < 1.29 is 4.74 Å². The van der Waals surface area contributed by atoms with Gasteiger partial charge in [-0.2, -0.15) is 0 Å². The zero-order chi connectivity index (χ0) is 13.4. The number of ether oxygens (including phenoxy) is 1. The van der Waals surface area contributed by atoms with Gasteiger partial charge in [-0.3, -0.25) is 4.57 Å². The van der Waals surface area contributed by atoms with E-state index in [2.05, 4.69) is 9.97 Å². The normalized spacial score (nSPS) is 10.8. The van der Waals surface area contributed by atoms with Crippen LogP contribution in [0.3, 0.4) is 0 Å². The predicted molar refractivity (Wildman–Crippen MR) is 77.5 cm³/mol. The second-order valence-electron chi connectivity index (χ2n) is 4.32. The Morgan fingerprint density at radius 3 is 2.95 bits per heavy atom. The molecular formula is C14H13N3OS. The quantitative estimate of drug-likeness (QED) is 0.726. The van der Waals surface area contributed by atoms with Crippen LogP contribution in [0.25, 0.3) is 16.9 Å². The number of pyridine rings is 1. The largest absolute Gasteiger partial charge is 0.495 e. The molecule has 3 rings (SSSR count). The molecule has 0 aliphatic heterocycles. The Hall–Kier alpha value is -2.14. The van der Waals surface area contributed by atoms with Gasteiger partial charge >= 0.3 is 0 Å². The molecule has 4 nitrogen and oxygen atoms in total. The Balaban J connectivity index is 2.39. The lowest BCUT2D eigenvalue weighted by Gasteiger charge is -2.10. The summed E-state index contributed by atoms with van der Waals surface area (Å²) >= 11 is 5.40. The van der Waals surface area contributed by atoms with Crippen LogP contribution >= 0.6 is 12.2 Å². The number of nitrogens with zero attached hydrogens (tertiary/aromatic N) is 2. The van der Waals surface area contributed by atoms with Gasteiger partial charge in [-0.05, 0) is 49.0 Å². The average molecular weight is 271 g/mol. The highest BCUT2D eigenvalue weighted by molar-refractivity contribution is 7.71. The molecule has 1 aromatic carbocycles. The molecule has 0 bridgehead atoms. The van der Waals surface area contributed by atoms with Gasteiger partial charge in [0.05, 0.1) is 18.3 Å². The van der Waals surface area contributed by atoms with E-state index in [0.717, 1.165) is 28.2 Å². The smallest absolute Gasteiger partial charge is 0.184 e. The summed E-state index contributed by atoms with van der Waals surface area (Å²) in [6, 6.07) is 9.82. The number of benzene rings is 1. The van der Waals surface area contributed by atoms with Crippen LogP contribution in [-0.4, -0.2) is 21.6 Å². The fourth-order valence-corrected chi connectivity index (χ4v) is 2.43. The molecule has 0 atom stereocenters. The number of methoxy groups -OCH3 is 1. The molecule has 0 aliphatic rings. The standard InChI is InChI=1S/C14H13N3OS/c1-9-5-6-12(18-2)11(8-9)17-13-10(16-14(17)19)4-3-7-15-13/h3-8H,1-2H3,(H,16,19). The highest BCUT2D eigenvalue weighted by atomic mass is 32.1. The van der Waals surface area contributed by atoms with Crippen LogP contribution in [0.4, 0.5) is 0 Å². The molecule has 19 heavy (non-hydrogen) atoms. The van der Waals surface area contributed by atoms with Crippen LogP contribution in [0, 0.1) is 11.7 Å². The second kappa shape index (κ2) is 4.51. The predicted octanol–water partition coefficient (Wildman–Crippen LogP) is 3.40. The zero-order valence-corrected chi connectivity index (χ0v) is 11.5. The minimum atomic E-state index is 0.609. The summed E-state index contributed by atoms with van der Waals surface area (Å²) in [7, 11) is 1.65. The Morgan fingerprint density at radius 1 is 1.32 bits per heavy atom. The minimum Gasteiger partial charge on any atom is -0.495 e. The van der Waals surface area contributed by atoms with Crippen LogP contribution in [-0.2, 0) is 0 Å². The average Bonchev–Trinajstić information content (AvgIpc) is 2.74.